The molecule has 3 rings (SSSR count). The minimum Gasteiger partial charge on any atom is -0.457 e. The largest absolute Gasteiger partial charge is 0.457 e. The van der Waals surface area contributed by atoms with E-state index < -0.39 is 9.84 Å². The highest BCUT2D eigenvalue weighted by Crippen LogP contribution is 2.25. The summed E-state index contributed by atoms with van der Waals surface area (Å²) in [5, 5.41) is 3.19. The number of benzene rings is 2. The van der Waals surface area contributed by atoms with Crippen LogP contribution in [0.3, 0.4) is 0 Å². The fourth-order valence-electron chi connectivity index (χ4n) is 2.17. The minimum atomic E-state index is -3.21. The molecule has 1 aromatic heterocycles. The Labute approximate surface area is 146 Å². The Balaban J connectivity index is 1.68. The molecule has 3 aromatic rings. The molecule has 2 aromatic carbocycles. The Morgan fingerprint density at radius 3 is 2.08 bits per heavy atom. The van der Waals surface area contributed by atoms with E-state index in [0.717, 1.165) is 17.2 Å². The van der Waals surface area contributed by atoms with Gasteiger partial charge in [0.2, 0.25) is 0 Å². The Morgan fingerprint density at radius 2 is 1.52 bits per heavy atom. The molecule has 0 amide bonds. The maximum Gasteiger partial charge on any atom is 0.175 e. The first-order valence-electron chi connectivity index (χ1n) is 7.54. The number of rotatable bonds is 5. The fourth-order valence-corrected chi connectivity index (χ4v) is 2.80. The zero-order valence-corrected chi connectivity index (χ0v) is 14.6. The Morgan fingerprint density at radius 1 is 0.920 bits per heavy atom. The van der Waals surface area contributed by atoms with Crippen LogP contribution in [0.15, 0.2) is 65.8 Å². The van der Waals surface area contributed by atoms with Crippen LogP contribution in [0.4, 0.5) is 11.5 Å². The van der Waals surface area contributed by atoms with Gasteiger partial charge in [-0.05, 0) is 55.5 Å². The molecule has 1 N–H and O–H groups in total. The summed E-state index contributed by atoms with van der Waals surface area (Å²) in [7, 11) is -3.21. The molecule has 0 aliphatic rings. The van der Waals surface area contributed by atoms with E-state index in [4.69, 9.17) is 4.74 Å². The number of ether oxygens (including phenoxy) is 1. The average Bonchev–Trinajstić information content (AvgIpc) is 2.56. The van der Waals surface area contributed by atoms with E-state index in [0.29, 0.717) is 11.5 Å². The predicted molar refractivity (Wildman–Crippen MR) is 96.1 cm³/mol. The third kappa shape index (κ3) is 4.54. The highest BCUT2D eigenvalue weighted by atomic mass is 32.2. The number of aromatic nitrogens is 2. The summed E-state index contributed by atoms with van der Waals surface area (Å²) >= 11 is 0. The van der Waals surface area contributed by atoms with Crippen molar-refractivity contribution in [3.63, 3.8) is 0 Å². The van der Waals surface area contributed by atoms with E-state index in [-0.39, 0.29) is 4.90 Å². The van der Waals surface area contributed by atoms with Gasteiger partial charge in [-0.25, -0.2) is 18.4 Å². The van der Waals surface area contributed by atoms with E-state index in [1.807, 2.05) is 37.3 Å². The molecule has 25 heavy (non-hydrogen) atoms. The maximum absolute atomic E-state index is 11.5. The number of nitrogens with zero attached hydrogens (tertiary/aromatic N) is 2. The van der Waals surface area contributed by atoms with Gasteiger partial charge in [0.25, 0.3) is 0 Å². The maximum atomic E-state index is 11.5. The zero-order chi connectivity index (χ0) is 17.9. The standard InChI is InChI=1S/C18H17N3O3S/c1-13-11-18(20-12-19-13)21-14-3-5-15(6-4-14)24-16-7-9-17(10-8-16)25(2,22)23/h3-12H,1-2H3,(H,19,20,21). The van der Waals surface area contributed by atoms with Crippen LogP contribution in [0.5, 0.6) is 11.5 Å². The molecule has 0 radical (unpaired) electrons. The van der Waals surface area contributed by atoms with Crippen LogP contribution in [0.1, 0.15) is 5.69 Å². The molecular formula is C18H17N3O3S. The summed E-state index contributed by atoms with van der Waals surface area (Å²) in [6.07, 6.45) is 2.68. The van der Waals surface area contributed by atoms with Crippen LogP contribution >= 0.6 is 0 Å². The minimum absolute atomic E-state index is 0.263. The van der Waals surface area contributed by atoms with Crippen LogP contribution in [-0.2, 0) is 9.84 Å². The molecule has 128 valence electrons. The highest BCUT2D eigenvalue weighted by Gasteiger charge is 2.07. The first kappa shape index (κ1) is 16.9. The van der Waals surface area contributed by atoms with E-state index >= 15 is 0 Å². The second-order valence-electron chi connectivity index (χ2n) is 5.54. The first-order chi connectivity index (χ1) is 11.9. The average molecular weight is 355 g/mol. The van der Waals surface area contributed by atoms with Crippen molar-refractivity contribution in [3.8, 4) is 11.5 Å². The summed E-state index contributed by atoms with van der Waals surface area (Å²) in [6, 6.07) is 15.6. The van der Waals surface area contributed by atoms with Gasteiger partial charge in [-0.1, -0.05) is 0 Å². The van der Waals surface area contributed by atoms with Gasteiger partial charge in [-0.3, -0.25) is 0 Å². The van der Waals surface area contributed by atoms with Gasteiger partial charge in [-0.2, -0.15) is 0 Å². The van der Waals surface area contributed by atoms with Crippen molar-refractivity contribution in [1.82, 2.24) is 9.97 Å². The van der Waals surface area contributed by atoms with Crippen molar-refractivity contribution >= 4 is 21.3 Å². The Bertz CT molecular complexity index is 969. The lowest BCUT2D eigenvalue weighted by Gasteiger charge is -2.09. The van der Waals surface area contributed by atoms with Crippen molar-refractivity contribution in [2.45, 2.75) is 11.8 Å². The summed E-state index contributed by atoms with van der Waals surface area (Å²) in [5.74, 6) is 1.94. The van der Waals surface area contributed by atoms with Crippen LogP contribution in [-0.4, -0.2) is 24.6 Å². The summed E-state index contributed by atoms with van der Waals surface area (Å²) < 4.78 is 28.6. The number of anilines is 2. The molecule has 0 saturated heterocycles. The van der Waals surface area contributed by atoms with Gasteiger partial charge in [0.15, 0.2) is 9.84 Å². The number of hydrogen-bond donors (Lipinski definition) is 1. The number of nitrogens with one attached hydrogen (secondary N) is 1. The van der Waals surface area contributed by atoms with Crippen molar-refractivity contribution < 1.29 is 13.2 Å². The highest BCUT2D eigenvalue weighted by molar-refractivity contribution is 7.90. The third-order valence-corrected chi connectivity index (χ3v) is 4.55. The van der Waals surface area contributed by atoms with Crippen LogP contribution in [0.2, 0.25) is 0 Å². The smallest absolute Gasteiger partial charge is 0.175 e. The number of sulfone groups is 1. The van der Waals surface area contributed by atoms with Crippen LogP contribution in [0.25, 0.3) is 0 Å². The second kappa shape index (κ2) is 6.90. The lowest BCUT2D eigenvalue weighted by molar-refractivity contribution is 0.482. The SMILES string of the molecule is Cc1cc(Nc2ccc(Oc3ccc(S(C)(=O)=O)cc3)cc2)ncn1. The topological polar surface area (TPSA) is 81.2 Å². The lowest BCUT2D eigenvalue weighted by Crippen LogP contribution is -1.96. The second-order valence-corrected chi connectivity index (χ2v) is 7.56. The van der Waals surface area contributed by atoms with Crippen LogP contribution in [0, 0.1) is 6.92 Å². The summed E-state index contributed by atoms with van der Waals surface area (Å²) in [5.41, 5.74) is 1.76. The molecule has 0 aliphatic carbocycles. The fraction of sp³-hybridized carbons (Fsp3) is 0.111. The van der Waals surface area contributed by atoms with Gasteiger partial charge < -0.3 is 10.1 Å². The molecule has 6 nitrogen and oxygen atoms in total. The lowest BCUT2D eigenvalue weighted by atomic mass is 10.3. The molecule has 0 bridgehead atoms. The van der Waals surface area contributed by atoms with Gasteiger partial charge in [0, 0.05) is 23.7 Å². The van der Waals surface area contributed by atoms with Gasteiger partial charge in [0.1, 0.15) is 23.6 Å². The van der Waals surface area contributed by atoms with Crippen LogP contribution < -0.4 is 10.1 Å². The Hall–Kier alpha value is -2.93. The summed E-state index contributed by atoms with van der Waals surface area (Å²) in [4.78, 5) is 8.47. The van der Waals surface area contributed by atoms with Gasteiger partial charge >= 0.3 is 0 Å². The molecule has 7 heteroatoms. The van der Waals surface area contributed by atoms with Crippen molar-refractivity contribution in [2.75, 3.05) is 11.6 Å². The normalized spacial score (nSPS) is 11.1. The molecule has 0 aliphatic heterocycles. The first-order valence-corrected chi connectivity index (χ1v) is 9.43. The molecule has 1 heterocycles. The number of hydrogen-bond acceptors (Lipinski definition) is 6. The zero-order valence-electron chi connectivity index (χ0n) is 13.8. The molecule has 0 unspecified atom stereocenters. The quantitative estimate of drug-likeness (QED) is 0.751. The van der Waals surface area contributed by atoms with Gasteiger partial charge in [-0.15, -0.1) is 0 Å². The van der Waals surface area contributed by atoms with E-state index in [1.165, 1.54) is 24.7 Å². The van der Waals surface area contributed by atoms with E-state index in [1.54, 1.807) is 12.1 Å². The molecule has 0 spiro atoms. The third-order valence-electron chi connectivity index (χ3n) is 3.42. The van der Waals surface area contributed by atoms with Gasteiger partial charge in [0.05, 0.1) is 4.90 Å². The van der Waals surface area contributed by atoms with Crippen molar-refractivity contribution in [2.24, 2.45) is 0 Å². The predicted octanol–water partition coefficient (Wildman–Crippen LogP) is 3.72. The monoisotopic (exact) mass is 355 g/mol. The summed E-state index contributed by atoms with van der Waals surface area (Å²) in [6.45, 7) is 1.90. The molecule has 0 saturated carbocycles. The Kier molecular flexibility index (Phi) is 4.67. The molecule has 0 fully saturated rings. The van der Waals surface area contributed by atoms with E-state index in [2.05, 4.69) is 15.3 Å². The molecule has 0 atom stereocenters. The number of aryl methyl sites for hydroxylation is 1. The van der Waals surface area contributed by atoms with Crippen molar-refractivity contribution in [1.29, 1.82) is 0 Å². The molecular weight excluding hydrogens is 338 g/mol. The van der Waals surface area contributed by atoms with Crippen molar-refractivity contribution in [3.05, 3.63) is 66.6 Å². The van der Waals surface area contributed by atoms with E-state index in [9.17, 15) is 8.42 Å².